The van der Waals surface area contributed by atoms with Gasteiger partial charge in [-0.05, 0) is 57.6 Å². The summed E-state index contributed by atoms with van der Waals surface area (Å²) < 4.78 is 6.06. The third-order valence-electron chi connectivity index (χ3n) is 6.85. The molecule has 5 nitrogen and oxygen atoms in total. The summed E-state index contributed by atoms with van der Waals surface area (Å²) in [7, 11) is 0. The molecule has 6 heteroatoms. The van der Waals surface area contributed by atoms with Crippen molar-refractivity contribution >= 4 is 17.5 Å². The van der Waals surface area contributed by atoms with Crippen LogP contribution in [0.15, 0.2) is 12.1 Å². The molecule has 2 N–H and O–H groups in total. The van der Waals surface area contributed by atoms with E-state index in [1.807, 2.05) is 19.9 Å². The molecule has 6 rings (SSSR count). The highest BCUT2D eigenvalue weighted by Gasteiger charge is 2.48. The number of ether oxygens (including phenoxy) is 1. The average molecular weight is 391 g/mol. The van der Waals surface area contributed by atoms with Crippen LogP contribution in [-0.2, 0) is 6.42 Å². The summed E-state index contributed by atoms with van der Waals surface area (Å²) in [4.78, 5) is 15.5. The van der Waals surface area contributed by atoms with Crippen LogP contribution in [-0.4, -0.2) is 52.3 Å². The van der Waals surface area contributed by atoms with E-state index in [-0.39, 0.29) is 23.7 Å². The van der Waals surface area contributed by atoms with Crippen LogP contribution in [0.2, 0.25) is 5.02 Å². The van der Waals surface area contributed by atoms with Crippen LogP contribution in [0.3, 0.4) is 0 Å². The summed E-state index contributed by atoms with van der Waals surface area (Å²) in [6.45, 7) is 4.86. The Morgan fingerprint density at radius 1 is 1.26 bits per heavy atom. The third-order valence-corrected chi connectivity index (χ3v) is 7.07. The molecule has 5 heterocycles. The molecule has 1 aromatic carbocycles. The number of piperidine rings is 4. The van der Waals surface area contributed by atoms with Crippen LogP contribution in [0.5, 0.6) is 5.75 Å². The van der Waals surface area contributed by atoms with Crippen molar-refractivity contribution in [1.82, 2.24) is 10.2 Å². The van der Waals surface area contributed by atoms with E-state index in [1.165, 1.54) is 0 Å². The van der Waals surface area contributed by atoms with Gasteiger partial charge in [-0.15, -0.1) is 0 Å². The second-order valence-electron chi connectivity index (χ2n) is 9.43. The van der Waals surface area contributed by atoms with Gasteiger partial charge in [-0.3, -0.25) is 9.69 Å². The molecule has 1 amide bonds. The molecular weight excluding hydrogens is 364 g/mol. The van der Waals surface area contributed by atoms with Crippen LogP contribution in [0.25, 0.3) is 0 Å². The Bertz CT molecular complexity index is 780. The number of amides is 1. The topological polar surface area (TPSA) is 61.8 Å². The van der Waals surface area contributed by atoms with Gasteiger partial charge in [-0.2, -0.15) is 0 Å². The Morgan fingerprint density at radius 3 is 2.63 bits per heavy atom. The first-order valence-electron chi connectivity index (χ1n) is 10.1. The third kappa shape index (κ3) is 3.04. The van der Waals surface area contributed by atoms with E-state index in [9.17, 15) is 9.90 Å². The van der Waals surface area contributed by atoms with E-state index in [0.29, 0.717) is 34.3 Å². The molecule has 27 heavy (non-hydrogen) atoms. The Morgan fingerprint density at radius 2 is 1.96 bits per heavy atom. The molecule has 5 aliphatic heterocycles. The zero-order chi connectivity index (χ0) is 18.9. The average Bonchev–Trinajstić information content (AvgIpc) is 2.87. The van der Waals surface area contributed by atoms with Crippen molar-refractivity contribution in [3.8, 4) is 5.75 Å². The molecule has 4 unspecified atom stereocenters. The number of nitrogens with zero attached hydrogens (tertiary/aromatic N) is 1. The normalized spacial score (nSPS) is 38.2. The minimum absolute atomic E-state index is 0.0865. The van der Waals surface area contributed by atoms with Crippen molar-refractivity contribution in [1.29, 1.82) is 0 Å². The number of rotatable bonds is 2. The van der Waals surface area contributed by atoms with Crippen LogP contribution in [0, 0.1) is 5.92 Å². The van der Waals surface area contributed by atoms with E-state index in [0.717, 1.165) is 44.2 Å². The van der Waals surface area contributed by atoms with Gasteiger partial charge in [0, 0.05) is 41.7 Å². The molecule has 0 aromatic heterocycles. The van der Waals surface area contributed by atoms with Gasteiger partial charge < -0.3 is 15.2 Å². The first-order valence-corrected chi connectivity index (χ1v) is 10.4. The van der Waals surface area contributed by atoms with E-state index in [2.05, 4.69) is 10.2 Å². The summed E-state index contributed by atoms with van der Waals surface area (Å²) in [5.74, 6) is 1.04. The molecule has 146 valence electrons. The highest BCUT2D eigenvalue weighted by molar-refractivity contribution is 6.31. The van der Waals surface area contributed by atoms with Gasteiger partial charge in [0.1, 0.15) is 11.4 Å². The van der Waals surface area contributed by atoms with Gasteiger partial charge >= 0.3 is 0 Å². The lowest BCUT2D eigenvalue weighted by molar-refractivity contribution is -0.110. The number of benzene rings is 1. The number of carbonyl (C=O) groups excluding carboxylic acids is 1. The van der Waals surface area contributed by atoms with E-state index < -0.39 is 0 Å². The zero-order valence-corrected chi connectivity index (χ0v) is 16.6. The smallest absolute Gasteiger partial charge is 0.255 e. The molecule has 4 fully saturated rings. The van der Waals surface area contributed by atoms with Crippen molar-refractivity contribution in [2.24, 2.45) is 5.92 Å². The van der Waals surface area contributed by atoms with Crippen LogP contribution in [0.4, 0.5) is 0 Å². The molecule has 0 saturated carbocycles. The summed E-state index contributed by atoms with van der Waals surface area (Å²) >= 11 is 6.28. The van der Waals surface area contributed by atoms with Crippen LogP contribution < -0.4 is 10.1 Å². The Hall–Kier alpha value is -1.30. The Labute approximate surface area is 165 Å². The monoisotopic (exact) mass is 390 g/mol. The Kier molecular flexibility index (Phi) is 4.01. The van der Waals surface area contributed by atoms with Crippen molar-refractivity contribution in [3.63, 3.8) is 0 Å². The molecule has 5 aliphatic rings. The van der Waals surface area contributed by atoms with Crippen LogP contribution >= 0.6 is 11.6 Å². The second kappa shape index (κ2) is 6.10. The summed E-state index contributed by atoms with van der Waals surface area (Å²) in [5, 5.41) is 14.0. The summed E-state index contributed by atoms with van der Waals surface area (Å²) in [5.41, 5.74) is 1.25. The van der Waals surface area contributed by atoms with E-state index >= 15 is 0 Å². The summed E-state index contributed by atoms with van der Waals surface area (Å²) in [6, 6.07) is 4.77. The van der Waals surface area contributed by atoms with E-state index in [1.54, 1.807) is 6.07 Å². The van der Waals surface area contributed by atoms with Gasteiger partial charge in [0.2, 0.25) is 0 Å². The number of halogens is 1. The first kappa shape index (κ1) is 17.8. The minimum atomic E-state index is -0.308. The molecule has 4 bridgehead atoms. The van der Waals surface area contributed by atoms with Gasteiger partial charge in [-0.25, -0.2) is 0 Å². The predicted molar refractivity (Wildman–Crippen MR) is 103 cm³/mol. The van der Waals surface area contributed by atoms with Gasteiger partial charge in [0.05, 0.1) is 11.7 Å². The molecule has 4 saturated heterocycles. The first-order chi connectivity index (χ1) is 12.8. The fourth-order valence-electron chi connectivity index (χ4n) is 5.78. The highest BCUT2D eigenvalue weighted by atomic mass is 35.5. The molecule has 0 spiro atoms. The number of aliphatic hydroxyl groups excluding tert-OH is 1. The lowest BCUT2D eigenvalue weighted by Gasteiger charge is -2.57. The second-order valence-corrected chi connectivity index (χ2v) is 9.86. The molecule has 0 radical (unpaired) electrons. The highest BCUT2D eigenvalue weighted by Crippen LogP contribution is 2.43. The van der Waals surface area contributed by atoms with Crippen molar-refractivity contribution in [2.75, 3.05) is 6.54 Å². The number of aliphatic hydroxyl groups is 1. The lowest BCUT2D eigenvalue weighted by atomic mass is 9.70. The van der Waals surface area contributed by atoms with Crippen molar-refractivity contribution < 1.29 is 14.6 Å². The van der Waals surface area contributed by atoms with Crippen LogP contribution in [0.1, 0.15) is 55.5 Å². The van der Waals surface area contributed by atoms with Crippen molar-refractivity contribution in [2.45, 2.75) is 75.8 Å². The maximum Gasteiger partial charge on any atom is 0.255 e. The quantitative estimate of drug-likeness (QED) is 0.815. The van der Waals surface area contributed by atoms with Crippen molar-refractivity contribution in [3.05, 3.63) is 28.3 Å². The standard InChI is InChI=1S/C21H27ClN2O3/c1-21(2)9-12-3-13(22)6-17(19(12)27-21)20(26)23-14-7-15-4-11-5-16(8-14)24(15)10-18(11)25/h3,6,11,14-16,18,25H,4-5,7-10H2,1-2H3,(H,23,26)/t11?,14?,15-,16?,18+/m0/s1. The zero-order valence-electron chi connectivity index (χ0n) is 15.9. The number of hydrogen-bond acceptors (Lipinski definition) is 4. The predicted octanol–water partition coefficient (Wildman–Crippen LogP) is 2.77. The molecule has 6 atom stereocenters. The molecule has 0 aliphatic carbocycles. The number of carbonyl (C=O) groups is 1. The molecule has 1 aromatic rings. The van der Waals surface area contributed by atoms with Gasteiger partial charge in [0.25, 0.3) is 5.91 Å². The fraction of sp³-hybridized carbons (Fsp3) is 0.667. The van der Waals surface area contributed by atoms with Gasteiger partial charge in [0.15, 0.2) is 0 Å². The largest absolute Gasteiger partial charge is 0.486 e. The SMILES string of the molecule is CC1(C)Cc2cc(Cl)cc(C(=O)NC3CC4CC5C[C@@H](C3)N4C[C@H]5O)c2O1. The number of nitrogens with one attached hydrogen (secondary N) is 1. The molecular formula is C21H27ClN2O3. The van der Waals surface area contributed by atoms with E-state index in [4.69, 9.17) is 16.3 Å². The maximum atomic E-state index is 13.1. The fourth-order valence-corrected chi connectivity index (χ4v) is 6.02. The number of fused-ring (bicyclic) bond motifs is 2. The minimum Gasteiger partial charge on any atom is -0.486 e. The maximum absolute atomic E-state index is 13.1. The lowest BCUT2D eigenvalue weighted by Crippen LogP contribution is -2.65. The van der Waals surface area contributed by atoms with Gasteiger partial charge in [-0.1, -0.05) is 11.6 Å². The number of hydrogen-bond donors (Lipinski definition) is 2. The summed E-state index contributed by atoms with van der Waals surface area (Å²) in [6.07, 6.45) is 4.61. The Balaban J connectivity index is 1.33.